The molecule has 0 aliphatic carbocycles. The summed E-state index contributed by atoms with van der Waals surface area (Å²) in [6.07, 6.45) is 0.709. The van der Waals surface area contributed by atoms with Gasteiger partial charge in [0.15, 0.2) is 5.82 Å². The minimum absolute atomic E-state index is 0.00988. The molecular weight excluding hydrogens is 196 g/mol. The van der Waals surface area contributed by atoms with Crippen molar-refractivity contribution in [1.82, 2.24) is 20.8 Å². The number of hydrogen-bond donors (Lipinski definition) is 2. The summed E-state index contributed by atoms with van der Waals surface area (Å²) in [7, 11) is 0. The Balaban J connectivity index is 2.00. The maximum Gasteiger partial charge on any atom is 0.227 e. The first-order chi connectivity index (χ1) is 7.18. The number of carbonyl (C=O) groups excluding carboxylic acids is 1. The summed E-state index contributed by atoms with van der Waals surface area (Å²) in [4.78, 5) is 14.6. The number of aryl methyl sites for hydroxylation is 1. The van der Waals surface area contributed by atoms with Gasteiger partial charge in [0.2, 0.25) is 11.8 Å². The third-order valence-electron chi connectivity index (χ3n) is 1.76. The molecule has 1 aromatic heterocycles. The summed E-state index contributed by atoms with van der Waals surface area (Å²) in [5.74, 6) is 1.28. The molecule has 1 aromatic rings. The number of carbonyl (C=O) groups is 1. The van der Waals surface area contributed by atoms with Gasteiger partial charge in [0.05, 0.1) is 0 Å². The summed E-state index contributed by atoms with van der Waals surface area (Å²) >= 11 is 0. The first kappa shape index (κ1) is 11.6. The maximum atomic E-state index is 10.5. The zero-order valence-electron chi connectivity index (χ0n) is 9.04. The molecule has 0 atom stereocenters. The molecule has 1 amide bonds. The molecule has 0 saturated heterocycles. The SMILES string of the molecule is CC(=O)NCCNCCc1nc(C)no1. The lowest BCUT2D eigenvalue weighted by molar-refractivity contribution is -0.118. The van der Waals surface area contributed by atoms with Gasteiger partial charge in [-0.1, -0.05) is 5.16 Å². The average Bonchev–Trinajstić information content (AvgIpc) is 2.57. The molecule has 0 aliphatic rings. The Labute approximate surface area is 88.4 Å². The van der Waals surface area contributed by atoms with E-state index in [1.54, 1.807) is 6.92 Å². The topological polar surface area (TPSA) is 80.0 Å². The summed E-state index contributed by atoms with van der Waals surface area (Å²) in [5, 5.41) is 9.54. The summed E-state index contributed by atoms with van der Waals surface area (Å²) < 4.78 is 4.94. The molecule has 6 heteroatoms. The van der Waals surface area contributed by atoms with Crippen LogP contribution in [0.2, 0.25) is 0 Å². The Kier molecular flexibility index (Phi) is 4.76. The first-order valence-corrected chi connectivity index (χ1v) is 4.93. The average molecular weight is 212 g/mol. The lowest BCUT2D eigenvalue weighted by Gasteiger charge is -2.02. The lowest BCUT2D eigenvalue weighted by Crippen LogP contribution is -2.31. The third kappa shape index (κ3) is 5.11. The second-order valence-electron chi connectivity index (χ2n) is 3.22. The van der Waals surface area contributed by atoms with E-state index in [0.29, 0.717) is 24.7 Å². The number of amides is 1. The molecule has 2 N–H and O–H groups in total. The molecule has 0 aromatic carbocycles. The van der Waals surface area contributed by atoms with Crippen LogP contribution >= 0.6 is 0 Å². The number of nitrogens with zero attached hydrogens (tertiary/aromatic N) is 2. The predicted molar refractivity (Wildman–Crippen MR) is 54.3 cm³/mol. The first-order valence-electron chi connectivity index (χ1n) is 4.93. The molecule has 1 heterocycles. The molecule has 84 valence electrons. The Hall–Kier alpha value is -1.43. The highest BCUT2D eigenvalue weighted by atomic mass is 16.5. The molecule has 0 fully saturated rings. The second kappa shape index (κ2) is 6.13. The van der Waals surface area contributed by atoms with Crippen LogP contribution in [0.1, 0.15) is 18.6 Å². The van der Waals surface area contributed by atoms with Crippen LogP contribution in [0.15, 0.2) is 4.52 Å². The van der Waals surface area contributed by atoms with Crippen molar-refractivity contribution in [1.29, 1.82) is 0 Å². The summed E-state index contributed by atoms with van der Waals surface area (Å²) in [6.45, 7) is 5.44. The van der Waals surface area contributed by atoms with E-state index in [1.807, 2.05) is 0 Å². The number of rotatable bonds is 6. The van der Waals surface area contributed by atoms with Gasteiger partial charge in [-0.3, -0.25) is 4.79 Å². The van der Waals surface area contributed by atoms with Gasteiger partial charge >= 0.3 is 0 Å². The van der Waals surface area contributed by atoms with Gasteiger partial charge in [-0.25, -0.2) is 0 Å². The van der Waals surface area contributed by atoms with Crippen LogP contribution in [0.4, 0.5) is 0 Å². The Morgan fingerprint density at radius 2 is 2.20 bits per heavy atom. The summed E-state index contributed by atoms with van der Waals surface area (Å²) in [6, 6.07) is 0. The molecule has 6 nitrogen and oxygen atoms in total. The van der Waals surface area contributed by atoms with Crippen LogP contribution in [0.3, 0.4) is 0 Å². The maximum absolute atomic E-state index is 10.5. The Morgan fingerprint density at radius 1 is 1.40 bits per heavy atom. The number of nitrogens with one attached hydrogen (secondary N) is 2. The molecule has 1 rings (SSSR count). The van der Waals surface area contributed by atoms with E-state index in [4.69, 9.17) is 4.52 Å². The van der Waals surface area contributed by atoms with Gasteiger partial charge in [0.25, 0.3) is 0 Å². The van der Waals surface area contributed by atoms with Crippen LogP contribution in [-0.4, -0.2) is 35.7 Å². The van der Waals surface area contributed by atoms with Gasteiger partial charge < -0.3 is 15.2 Å². The molecule has 0 saturated carbocycles. The van der Waals surface area contributed by atoms with E-state index in [-0.39, 0.29) is 5.91 Å². The van der Waals surface area contributed by atoms with E-state index >= 15 is 0 Å². The van der Waals surface area contributed by atoms with Gasteiger partial charge in [0.1, 0.15) is 0 Å². The van der Waals surface area contributed by atoms with Crippen molar-refractivity contribution in [2.75, 3.05) is 19.6 Å². The fourth-order valence-electron chi connectivity index (χ4n) is 1.09. The van der Waals surface area contributed by atoms with Crippen molar-refractivity contribution in [2.24, 2.45) is 0 Å². The van der Waals surface area contributed by atoms with Crippen LogP contribution < -0.4 is 10.6 Å². The monoisotopic (exact) mass is 212 g/mol. The van der Waals surface area contributed by atoms with E-state index in [9.17, 15) is 4.79 Å². The molecule has 0 radical (unpaired) electrons. The van der Waals surface area contributed by atoms with E-state index in [1.165, 1.54) is 6.92 Å². The fourth-order valence-corrected chi connectivity index (χ4v) is 1.09. The molecular formula is C9H16N4O2. The minimum atomic E-state index is -0.00988. The van der Waals surface area contributed by atoms with Gasteiger partial charge in [-0.05, 0) is 6.92 Å². The Morgan fingerprint density at radius 3 is 2.80 bits per heavy atom. The molecule has 0 spiro atoms. The quantitative estimate of drug-likeness (QED) is 0.630. The van der Waals surface area contributed by atoms with Crippen molar-refractivity contribution < 1.29 is 9.32 Å². The lowest BCUT2D eigenvalue weighted by atomic mass is 10.4. The van der Waals surface area contributed by atoms with Gasteiger partial charge in [0, 0.05) is 33.0 Å². The number of hydrogen-bond acceptors (Lipinski definition) is 5. The van der Waals surface area contributed by atoms with Crippen molar-refractivity contribution in [3.05, 3.63) is 11.7 Å². The van der Waals surface area contributed by atoms with Crippen LogP contribution in [-0.2, 0) is 11.2 Å². The zero-order chi connectivity index (χ0) is 11.1. The van der Waals surface area contributed by atoms with Crippen LogP contribution in [0, 0.1) is 6.92 Å². The standard InChI is InChI=1S/C9H16N4O2/c1-7-12-9(15-13-7)3-4-10-5-6-11-8(2)14/h10H,3-6H2,1-2H3,(H,11,14). The van der Waals surface area contributed by atoms with Crippen molar-refractivity contribution in [3.63, 3.8) is 0 Å². The van der Waals surface area contributed by atoms with Crippen molar-refractivity contribution in [2.45, 2.75) is 20.3 Å². The number of aromatic nitrogens is 2. The van der Waals surface area contributed by atoms with E-state index in [0.717, 1.165) is 13.1 Å². The zero-order valence-corrected chi connectivity index (χ0v) is 9.04. The highest BCUT2D eigenvalue weighted by Gasteiger charge is 2.00. The third-order valence-corrected chi connectivity index (χ3v) is 1.76. The van der Waals surface area contributed by atoms with E-state index < -0.39 is 0 Å². The predicted octanol–water partition coefficient (Wildman–Crippen LogP) is -0.354. The highest BCUT2D eigenvalue weighted by Crippen LogP contribution is 1.95. The van der Waals surface area contributed by atoms with Crippen molar-refractivity contribution >= 4 is 5.91 Å². The van der Waals surface area contributed by atoms with E-state index in [2.05, 4.69) is 20.8 Å². The fraction of sp³-hybridized carbons (Fsp3) is 0.667. The minimum Gasteiger partial charge on any atom is -0.355 e. The Bertz CT molecular complexity index is 311. The normalized spacial score (nSPS) is 10.3. The molecule has 15 heavy (non-hydrogen) atoms. The molecule has 0 bridgehead atoms. The molecule has 0 aliphatic heterocycles. The van der Waals surface area contributed by atoms with Gasteiger partial charge in [-0.2, -0.15) is 4.98 Å². The van der Waals surface area contributed by atoms with Crippen LogP contribution in [0.5, 0.6) is 0 Å². The highest BCUT2D eigenvalue weighted by molar-refractivity contribution is 5.72. The molecule has 0 unspecified atom stereocenters. The van der Waals surface area contributed by atoms with Crippen molar-refractivity contribution in [3.8, 4) is 0 Å². The largest absolute Gasteiger partial charge is 0.355 e. The summed E-state index contributed by atoms with van der Waals surface area (Å²) in [5.41, 5.74) is 0. The second-order valence-corrected chi connectivity index (χ2v) is 3.22. The smallest absolute Gasteiger partial charge is 0.227 e. The van der Waals surface area contributed by atoms with Gasteiger partial charge in [-0.15, -0.1) is 0 Å². The van der Waals surface area contributed by atoms with Crippen LogP contribution in [0.25, 0.3) is 0 Å².